The van der Waals surface area contributed by atoms with Gasteiger partial charge in [-0.2, -0.15) is 0 Å². The maximum Gasteiger partial charge on any atom is 0.141 e. The van der Waals surface area contributed by atoms with Gasteiger partial charge < -0.3 is 10.5 Å². The first kappa shape index (κ1) is 13.5. The second-order valence-electron chi connectivity index (χ2n) is 3.51. The summed E-state index contributed by atoms with van der Waals surface area (Å²) in [5.41, 5.74) is 6.41. The second kappa shape index (κ2) is 5.82. The van der Waals surface area contributed by atoms with Crippen LogP contribution in [0.4, 0.5) is 0 Å². The first-order valence-electron chi connectivity index (χ1n) is 5.10. The number of ether oxygens (including phenoxy) is 1. The molecule has 0 atom stereocenters. The van der Waals surface area contributed by atoms with Gasteiger partial charge in [0.15, 0.2) is 0 Å². The van der Waals surface area contributed by atoms with Crippen LogP contribution in [0.2, 0.25) is 0 Å². The van der Waals surface area contributed by atoms with E-state index in [1.54, 1.807) is 0 Å². The molecule has 0 bridgehead atoms. The lowest BCUT2D eigenvalue weighted by atomic mass is 10.2. The van der Waals surface area contributed by atoms with E-state index in [1.165, 1.54) is 0 Å². The number of hydrogen-bond acceptors (Lipinski definition) is 2. The summed E-state index contributed by atoms with van der Waals surface area (Å²) in [5, 5.41) is 0. The van der Waals surface area contributed by atoms with Crippen LogP contribution in [0.3, 0.4) is 0 Å². The van der Waals surface area contributed by atoms with Gasteiger partial charge in [0.05, 0.1) is 10.0 Å². The average molecular weight is 387 g/mol. The molecule has 0 saturated carbocycles. The lowest BCUT2D eigenvalue weighted by Gasteiger charge is -2.12. The molecule has 2 aromatic carbocycles. The molecule has 0 amide bonds. The maximum atomic E-state index is 5.84. The van der Waals surface area contributed by atoms with Gasteiger partial charge in [-0.25, -0.2) is 0 Å². The fourth-order valence-corrected chi connectivity index (χ4v) is 2.74. The van der Waals surface area contributed by atoms with E-state index in [-0.39, 0.29) is 0 Å². The molecule has 0 aliphatic rings. The Morgan fingerprint density at radius 2 is 1.56 bits per heavy atom. The van der Waals surface area contributed by atoms with Crippen molar-refractivity contribution in [2.45, 2.75) is 0 Å². The summed E-state index contributed by atoms with van der Waals surface area (Å²) in [4.78, 5) is 0.296. The highest BCUT2D eigenvalue weighted by Crippen LogP contribution is 2.33. The minimum Gasteiger partial charge on any atom is -0.455 e. The number of thiocarbonyl (C=S) groups is 1. The molecule has 0 heterocycles. The standard InChI is InChI=1S/C13H9Br2NOS/c14-8-4-1-2-6-10(8)17-11-7-3-5-9(15)12(11)13(16)18/h1-7H,(H2,16,18). The summed E-state index contributed by atoms with van der Waals surface area (Å²) < 4.78 is 7.53. The molecule has 92 valence electrons. The summed E-state index contributed by atoms with van der Waals surface area (Å²) in [5.74, 6) is 1.34. The monoisotopic (exact) mass is 385 g/mol. The summed E-state index contributed by atoms with van der Waals surface area (Å²) >= 11 is 11.9. The number of nitrogens with two attached hydrogens (primary N) is 1. The van der Waals surface area contributed by atoms with Gasteiger partial charge in [-0.1, -0.05) is 30.4 Å². The third-order valence-electron chi connectivity index (χ3n) is 2.28. The van der Waals surface area contributed by atoms with Crippen molar-refractivity contribution in [3.8, 4) is 11.5 Å². The first-order valence-corrected chi connectivity index (χ1v) is 7.09. The zero-order valence-corrected chi connectivity index (χ0v) is 13.2. The molecule has 0 fully saturated rings. The van der Waals surface area contributed by atoms with E-state index in [1.807, 2.05) is 42.5 Å². The Labute approximate surface area is 127 Å². The Balaban J connectivity index is 2.44. The van der Waals surface area contributed by atoms with Crippen molar-refractivity contribution in [3.63, 3.8) is 0 Å². The second-order valence-corrected chi connectivity index (χ2v) is 5.66. The number of para-hydroxylation sites is 1. The predicted octanol–water partition coefficient (Wildman–Crippen LogP) is 4.64. The van der Waals surface area contributed by atoms with E-state index in [0.29, 0.717) is 22.1 Å². The Bertz CT molecular complexity index is 601. The fraction of sp³-hybridized carbons (Fsp3) is 0. The zero-order valence-electron chi connectivity index (χ0n) is 9.19. The predicted molar refractivity (Wildman–Crippen MR) is 84.2 cm³/mol. The van der Waals surface area contributed by atoms with Gasteiger partial charge in [0.1, 0.15) is 16.5 Å². The molecule has 5 heteroatoms. The highest BCUT2D eigenvalue weighted by molar-refractivity contribution is 9.10. The average Bonchev–Trinajstić information content (AvgIpc) is 2.31. The molecule has 0 aliphatic carbocycles. The minimum atomic E-state index is 0.296. The molecule has 2 N–H and O–H groups in total. The molecule has 2 nitrogen and oxygen atoms in total. The van der Waals surface area contributed by atoms with Crippen molar-refractivity contribution >= 4 is 49.1 Å². The van der Waals surface area contributed by atoms with Crippen LogP contribution in [0.15, 0.2) is 51.4 Å². The van der Waals surface area contributed by atoms with E-state index >= 15 is 0 Å². The van der Waals surface area contributed by atoms with Gasteiger partial charge in [-0.15, -0.1) is 0 Å². The molecule has 0 saturated heterocycles. The SMILES string of the molecule is NC(=S)c1c(Br)cccc1Oc1ccccc1Br. The minimum absolute atomic E-state index is 0.296. The van der Waals surface area contributed by atoms with Crippen LogP contribution in [0.1, 0.15) is 5.56 Å². The summed E-state index contributed by atoms with van der Waals surface area (Å²) in [7, 11) is 0. The molecule has 2 rings (SSSR count). The van der Waals surface area contributed by atoms with E-state index in [9.17, 15) is 0 Å². The quantitative estimate of drug-likeness (QED) is 0.780. The highest BCUT2D eigenvalue weighted by atomic mass is 79.9. The lowest BCUT2D eigenvalue weighted by molar-refractivity contribution is 0.478. The van der Waals surface area contributed by atoms with E-state index in [4.69, 9.17) is 22.7 Å². The Morgan fingerprint density at radius 3 is 2.22 bits per heavy atom. The van der Waals surface area contributed by atoms with E-state index in [2.05, 4.69) is 31.9 Å². The molecule has 18 heavy (non-hydrogen) atoms. The van der Waals surface area contributed by atoms with Crippen molar-refractivity contribution in [1.29, 1.82) is 0 Å². The van der Waals surface area contributed by atoms with Crippen molar-refractivity contribution < 1.29 is 4.74 Å². The fourth-order valence-electron chi connectivity index (χ4n) is 1.47. The normalized spacial score (nSPS) is 10.1. The number of halogens is 2. The van der Waals surface area contributed by atoms with Crippen LogP contribution in [-0.2, 0) is 0 Å². The molecular weight excluding hydrogens is 378 g/mol. The van der Waals surface area contributed by atoms with Crippen LogP contribution in [-0.4, -0.2) is 4.99 Å². The van der Waals surface area contributed by atoms with Crippen molar-refractivity contribution in [1.82, 2.24) is 0 Å². The largest absolute Gasteiger partial charge is 0.455 e. The molecule has 0 unspecified atom stereocenters. The third kappa shape index (κ3) is 2.91. The van der Waals surface area contributed by atoms with Crippen molar-refractivity contribution in [2.75, 3.05) is 0 Å². The number of benzene rings is 2. The van der Waals surface area contributed by atoms with Gasteiger partial charge in [0, 0.05) is 4.47 Å². The van der Waals surface area contributed by atoms with Crippen LogP contribution < -0.4 is 10.5 Å². The van der Waals surface area contributed by atoms with Gasteiger partial charge in [0.25, 0.3) is 0 Å². The summed E-state index contributed by atoms with van der Waals surface area (Å²) in [6.07, 6.45) is 0. The number of rotatable bonds is 3. The molecule has 2 aromatic rings. The molecule has 0 radical (unpaired) electrons. The van der Waals surface area contributed by atoms with Gasteiger partial charge >= 0.3 is 0 Å². The van der Waals surface area contributed by atoms with Crippen molar-refractivity contribution in [2.24, 2.45) is 5.73 Å². The van der Waals surface area contributed by atoms with Gasteiger partial charge in [0.2, 0.25) is 0 Å². The topological polar surface area (TPSA) is 35.2 Å². The number of hydrogen-bond donors (Lipinski definition) is 1. The molecule has 0 aromatic heterocycles. The lowest BCUT2D eigenvalue weighted by Crippen LogP contribution is -2.11. The van der Waals surface area contributed by atoms with Crippen molar-refractivity contribution in [3.05, 3.63) is 57.0 Å². The molecule has 0 spiro atoms. The van der Waals surface area contributed by atoms with Crippen LogP contribution >= 0.6 is 44.1 Å². The molecule has 0 aliphatic heterocycles. The molecular formula is C13H9Br2NOS. The Kier molecular flexibility index (Phi) is 4.37. The van der Waals surface area contributed by atoms with Gasteiger partial charge in [-0.05, 0) is 56.1 Å². The first-order chi connectivity index (χ1) is 8.59. The van der Waals surface area contributed by atoms with Crippen LogP contribution in [0.25, 0.3) is 0 Å². The highest BCUT2D eigenvalue weighted by Gasteiger charge is 2.12. The zero-order chi connectivity index (χ0) is 13.1. The summed E-state index contributed by atoms with van der Waals surface area (Å²) in [6, 6.07) is 13.2. The summed E-state index contributed by atoms with van der Waals surface area (Å²) in [6.45, 7) is 0. The van der Waals surface area contributed by atoms with Crippen LogP contribution in [0, 0.1) is 0 Å². The van der Waals surface area contributed by atoms with Gasteiger partial charge in [-0.3, -0.25) is 0 Å². The van der Waals surface area contributed by atoms with E-state index in [0.717, 1.165) is 8.95 Å². The van der Waals surface area contributed by atoms with E-state index < -0.39 is 0 Å². The third-order valence-corrected chi connectivity index (χ3v) is 3.80. The smallest absolute Gasteiger partial charge is 0.141 e. The maximum absolute atomic E-state index is 5.84. The Morgan fingerprint density at radius 1 is 0.944 bits per heavy atom. The van der Waals surface area contributed by atoms with Crippen LogP contribution in [0.5, 0.6) is 11.5 Å². The Hall–Kier alpha value is -0.910.